The fraction of sp³-hybridized carbons (Fsp3) is 0.350. The molecule has 2 aromatic carbocycles. The van der Waals surface area contributed by atoms with Crippen LogP contribution in [0.25, 0.3) is 0 Å². The van der Waals surface area contributed by atoms with Gasteiger partial charge in [0.25, 0.3) is 5.69 Å². The second-order valence-corrected chi connectivity index (χ2v) is 6.37. The number of likely N-dealkylation sites (N-methyl/N-ethyl adjacent to an activating group) is 1. The van der Waals surface area contributed by atoms with E-state index >= 15 is 0 Å². The van der Waals surface area contributed by atoms with Gasteiger partial charge in [-0.3, -0.25) is 19.8 Å². The van der Waals surface area contributed by atoms with Crippen LogP contribution in [0.3, 0.4) is 0 Å². The lowest BCUT2D eigenvalue weighted by atomic mass is 10.1. The van der Waals surface area contributed by atoms with E-state index in [1.807, 2.05) is 30.1 Å². The van der Waals surface area contributed by atoms with Crippen LogP contribution in [-0.4, -0.2) is 57.2 Å². The number of amides is 1. The third-order valence-electron chi connectivity index (χ3n) is 4.32. The summed E-state index contributed by atoms with van der Waals surface area (Å²) in [6, 6.07) is 9.96. The topological polar surface area (TPSA) is 103 Å². The number of anilines is 1. The minimum absolute atomic E-state index is 0.0937. The number of benzene rings is 2. The maximum Gasteiger partial charge on any atom is 0.296 e. The summed E-state index contributed by atoms with van der Waals surface area (Å²) in [5, 5.41) is 13.8. The van der Waals surface area contributed by atoms with Crippen LogP contribution in [0.4, 0.5) is 11.4 Å². The molecule has 0 aliphatic heterocycles. The van der Waals surface area contributed by atoms with Gasteiger partial charge in [0.15, 0.2) is 11.5 Å². The summed E-state index contributed by atoms with van der Waals surface area (Å²) in [7, 11) is 6.39. The van der Waals surface area contributed by atoms with E-state index in [2.05, 4.69) is 5.32 Å². The zero-order valence-corrected chi connectivity index (χ0v) is 16.9. The molecule has 9 heteroatoms. The van der Waals surface area contributed by atoms with Gasteiger partial charge in [0.05, 0.1) is 38.9 Å². The molecular formula is C20H25N3O6. The van der Waals surface area contributed by atoms with Crippen LogP contribution in [0.5, 0.6) is 17.2 Å². The molecule has 0 heterocycles. The van der Waals surface area contributed by atoms with E-state index in [4.69, 9.17) is 14.2 Å². The van der Waals surface area contributed by atoms with Gasteiger partial charge in [-0.2, -0.15) is 0 Å². The Hall–Kier alpha value is -3.33. The Balaban J connectivity index is 1.94. The molecule has 0 spiro atoms. The molecule has 2 aromatic rings. The second kappa shape index (κ2) is 10.3. The molecule has 0 atom stereocenters. The summed E-state index contributed by atoms with van der Waals surface area (Å²) in [5.41, 5.74) is 0.959. The van der Waals surface area contributed by atoms with Crippen LogP contribution in [0.15, 0.2) is 36.4 Å². The normalized spacial score (nSPS) is 10.5. The van der Waals surface area contributed by atoms with Gasteiger partial charge in [-0.25, -0.2) is 0 Å². The van der Waals surface area contributed by atoms with Crippen LogP contribution in [0, 0.1) is 10.1 Å². The van der Waals surface area contributed by atoms with E-state index in [0.29, 0.717) is 30.2 Å². The quantitative estimate of drug-likeness (QED) is 0.480. The van der Waals surface area contributed by atoms with Crippen molar-refractivity contribution in [1.82, 2.24) is 4.90 Å². The largest absolute Gasteiger partial charge is 0.496 e. The third kappa shape index (κ3) is 6.08. The second-order valence-electron chi connectivity index (χ2n) is 6.37. The average Bonchev–Trinajstić information content (AvgIpc) is 2.71. The highest BCUT2D eigenvalue weighted by Gasteiger charge is 2.18. The first-order chi connectivity index (χ1) is 13.9. The van der Waals surface area contributed by atoms with Crippen LogP contribution < -0.4 is 19.5 Å². The van der Waals surface area contributed by atoms with Crippen molar-refractivity contribution in [3.05, 3.63) is 52.1 Å². The van der Waals surface area contributed by atoms with Crippen molar-refractivity contribution < 1.29 is 23.9 Å². The summed E-state index contributed by atoms with van der Waals surface area (Å²) in [5.74, 6) is 1.32. The van der Waals surface area contributed by atoms with Gasteiger partial charge in [0.1, 0.15) is 11.4 Å². The van der Waals surface area contributed by atoms with Gasteiger partial charge in [0.2, 0.25) is 5.91 Å². The van der Waals surface area contributed by atoms with Gasteiger partial charge in [0, 0.05) is 6.54 Å². The molecule has 0 unspecified atom stereocenters. The van der Waals surface area contributed by atoms with Crippen molar-refractivity contribution in [2.45, 2.75) is 6.42 Å². The lowest BCUT2D eigenvalue weighted by Gasteiger charge is -2.17. The van der Waals surface area contributed by atoms with Crippen LogP contribution >= 0.6 is 0 Å². The van der Waals surface area contributed by atoms with E-state index in [1.54, 1.807) is 20.3 Å². The number of hydrogen-bond acceptors (Lipinski definition) is 7. The minimum Gasteiger partial charge on any atom is -0.496 e. The number of hydrogen-bond donors (Lipinski definition) is 1. The number of methoxy groups -OCH3 is 3. The number of rotatable bonds is 10. The molecule has 1 amide bonds. The molecule has 1 N–H and O–H groups in total. The molecule has 0 saturated heterocycles. The zero-order valence-electron chi connectivity index (χ0n) is 16.9. The maximum absolute atomic E-state index is 12.3. The first kappa shape index (κ1) is 22.0. The Morgan fingerprint density at radius 3 is 2.41 bits per heavy atom. The summed E-state index contributed by atoms with van der Waals surface area (Å²) in [4.78, 5) is 24.8. The highest BCUT2D eigenvalue weighted by molar-refractivity contribution is 5.94. The Morgan fingerprint density at radius 2 is 1.79 bits per heavy atom. The van der Waals surface area contributed by atoms with Gasteiger partial charge >= 0.3 is 0 Å². The average molecular weight is 403 g/mol. The summed E-state index contributed by atoms with van der Waals surface area (Å²) < 4.78 is 15.5. The molecule has 0 fully saturated rings. The molecule has 9 nitrogen and oxygen atoms in total. The molecule has 2 rings (SSSR count). The summed E-state index contributed by atoms with van der Waals surface area (Å²) in [6.07, 6.45) is 0.701. The molecule has 29 heavy (non-hydrogen) atoms. The van der Waals surface area contributed by atoms with E-state index in [-0.39, 0.29) is 23.8 Å². The van der Waals surface area contributed by atoms with E-state index in [0.717, 1.165) is 5.56 Å². The van der Waals surface area contributed by atoms with Gasteiger partial charge in [-0.1, -0.05) is 6.07 Å². The van der Waals surface area contributed by atoms with Crippen molar-refractivity contribution in [2.75, 3.05) is 46.8 Å². The molecule has 0 aliphatic rings. The zero-order chi connectivity index (χ0) is 21.4. The lowest BCUT2D eigenvalue weighted by molar-refractivity contribution is -0.384. The lowest BCUT2D eigenvalue weighted by Crippen LogP contribution is -2.31. The Bertz CT molecular complexity index is 871. The fourth-order valence-electron chi connectivity index (χ4n) is 2.77. The predicted octanol–water partition coefficient (Wildman–Crippen LogP) is 2.73. The molecular weight excluding hydrogens is 378 g/mol. The Morgan fingerprint density at radius 1 is 1.07 bits per heavy atom. The van der Waals surface area contributed by atoms with E-state index in [1.165, 1.54) is 19.2 Å². The number of ether oxygens (including phenoxy) is 3. The van der Waals surface area contributed by atoms with Gasteiger partial charge < -0.3 is 19.5 Å². The van der Waals surface area contributed by atoms with Crippen molar-refractivity contribution >= 4 is 17.3 Å². The first-order valence-electron chi connectivity index (χ1n) is 8.89. The molecule has 156 valence electrons. The first-order valence-corrected chi connectivity index (χ1v) is 8.89. The van der Waals surface area contributed by atoms with Crippen molar-refractivity contribution in [2.24, 2.45) is 0 Å². The molecule has 0 aromatic heterocycles. The number of nitro benzene ring substituents is 1. The third-order valence-corrected chi connectivity index (χ3v) is 4.32. The monoisotopic (exact) mass is 403 g/mol. The summed E-state index contributed by atoms with van der Waals surface area (Å²) >= 11 is 0. The van der Waals surface area contributed by atoms with Gasteiger partial charge in [-0.05, 0) is 43.3 Å². The maximum atomic E-state index is 12.3. The smallest absolute Gasteiger partial charge is 0.296 e. The number of carbonyl (C=O) groups is 1. The highest BCUT2D eigenvalue weighted by Crippen LogP contribution is 2.29. The molecule has 0 radical (unpaired) electrons. The van der Waals surface area contributed by atoms with Gasteiger partial charge in [-0.15, -0.1) is 0 Å². The molecule has 0 aliphatic carbocycles. The SMILES string of the molecule is COc1ccc(NC(=O)CN(C)CCc2ccc(OC)c(OC)c2)c([N+](=O)[O-])c1. The summed E-state index contributed by atoms with van der Waals surface area (Å²) in [6.45, 7) is 0.712. The standard InChI is InChI=1S/C20H25N3O6/c1-22(10-9-14-5-8-18(28-3)19(11-14)29-4)13-20(24)21-16-7-6-15(27-2)12-17(16)23(25)26/h5-8,11-12H,9-10,13H2,1-4H3,(H,21,24). The van der Waals surface area contributed by atoms with E-state index < -0.39 is 4.92 Å². The van der Waals surface area contributed by atoms with Crippen LogP contribution in [0.2, 0.25) is 0 Å². The Labute approximate surface area is 169 Å². The van der Waals surface area contributed by atoms with Crippen molar-refractivity contribution in [1.29, 1.82) is 0 Å². The number of nitrogens with one attached hydrogen (secondary N) is 1. The fourth-order valence-corrected chi connectivity index (χ4v) is 2.77. The predicted molar refractivity (Wildman–Crippen MR) is 109 cm³/mol. The minimum atomic E-state index is -0.557. The number of carbonyl (C=O) groups excluding carboxylic acids is 1. The number of nitrogens with zero attached hydrogens (tertiary/aromatic N) is 2. The number of nitro groups is 1. The molecule has 0 saturated carbocycles. The van der Waals surface area contributed by atoms with E-state index in [9.17, 15) is 14.9 Å². The molecule has 0 bridgehead atoms. The van der Waals surface area contributed by atoms with Crippen molar-refractivity contribution in [3.8, 4) is 17.2 Å². The van der Waals surface area contributed by atoms with Crippen LogP contribution in [0.1, 0.15) is 5.56 Å². The Kier molecular flexibility index (Phi) is 7.79. The van der Waals surface area contributed by atoms with Crippen LogP contribution in [-0.2, 0) is 11.2 Å². The highest BCUT2D eigenvalue weighted by atomic mass is 16.6. The van der Waals surface area contributed by atoms with Crippen molar-refractivity contribution in [3.63, 3.8) is 0 Å².